The van der Waals surface area contributed by atoms with E-state index in [2.05, 4.69) is 24.1 Å². The molecule has 0 aromatic heterocycles. The van der Waals surface area contributed by atoms with Gasteiger partial charge in [0.25, 0.3) is 0 Å². The van der Waals surface area contributed by atoms with E-state index in [4.69, 9.17) is 5.73 Å². The predicted octanol–water partition coefficient (Wildman–Crippen LogP) is 6.95. The first-order valence-electron chi connectivity index (χ1n) is 10.8. The Bertz CT molecular complexity index is 1130. The number of para-hydroxylation sites is 2. The number of nitrogens with one attached hydrogen (secondary N) is 2. The molecule has 0 aliphatic carbocycles. The Morgan fingerprint density at radius 1 is 0.939 bits per heavy atom. The number of halogens is 3. The lowest BCUT2D eigenvalue weighted by atomic mass is 10.0. The van der Waals surface area contributed by atoms with Gasteiger partial charge in [0, 0.05) is 40.4 Å². The molecule has 0 saturated heterocycles. The second kappa shape index (κ2) is 10.8. The maximum absolute atomic E-state index is 13.5. The maximum atomic E-state index is 13.5. The second-order valence-corrected chi connectivity index (χ2v) is 7.64. The Morgan fingerprint density at radius 3 is 2.27 bits per heavy atom. The number of rotatable bonds is 9. The average Bonchev–Trinajstić information content (AvgIpc) is 2.80. The molecule has 0 aliphatic heterocycles. The molecule has 3 nitrogen and oxygen atoms in total. The third-order valence-corrected chi connectivity index (χ3v) is 5.20. The molecule has 172 valence electrons. The zero-order chi connectivity index (χ0) is 23.8. The molecule has 0 amide bonds. The number of anilines is 2. The lowest BCUT2D eigenvalue weighted by Gasteiger charge is -2.19. The molecule has 3 aromatic carbocycles. The lowest BCUT2D eigenvalue weighted by molar-refractivity contribution is -0.138. The molecular weight excluding hydrogens is 423 g/mol. The molecule has 0 bridgehead atoms. The van der Waals surface area contributed by atoms with E-state index in [1.807, 2.05) is 42.5 Å². The van der Waals surface area contributed by atoms with Gasteiger partial charge in [-0.15, -0.1) is 0 Å². The van der Waals surface area contributed by atoms with Crippen LogP contribution < -0.4 is 16.4 Å². The SMILES string of the molecule is C=C(N/C(=C/Cc1ccccc1C(F)(F)F)c1ccccc1N)c1ccccc1NCCC. The summed E-state index contributed by atoms with van der Waals surface area (Å²) in [6.45, 7) is 7.08. The fraction of sp³-hybridized carbons (Fsp3) is 0.185. The van der Waals surface area contributed by atoms with Crippen LogP contribution in [0.1, 0.15) is 35.6 Å². The Balaban J connectivity index is 1.96. The number of hydrogen-bond acceptors (Lipinski definition) is 3. The van der Waals surface area contributed by atoms with Crippen molar-refractivity contribution in [1.82, 2.24) is 5.32 Å². The number of benzene rings is 3. The van der Waals surface area contributed by atoms with Gasteiger partial charge >= 0.3 is 6.18 Å². The van der Waals surface area contributed by atoms with Crippen molar-refractivity contribution in [3.63, 3.8) is 0 Å². The van der Waals surface area contributed by atoms with Crippen molar-refractivity contribution >= 4 is 22.8 Å². The molecule has 0 atom stereocenters. The van der Waals surface area contributed by atoms with E-state index in [1.54, 1.807) is 18.2 Å². The lowest BCUT2D eigenvalue weighted by Crippen LogP contribution is -2.14. The minimum Gasteiger partial charge on any atom is -0.398 e. The summed E-state index contributed by atoms with van der Waals surface area (Å²) >= 11 is 0. The topological polar surface area (TPSA) is 50.1 Å². The molecule has 0 spiro atoms. The summed E-state index contributed by atoms with van der Waals surface area (Å²) in [7, 11) is 0. The van der Waals surface area contributed by atoms with Crippen molar-refractivity contribution in [1.29, 1.82) is 0 Å². The van der Waals surface area contributed by atoms with Crippen LogP contribution in [0.3, 0.4) is 0 Å². The van der Waals surface area contributed by atoms with E-state index in [-0.39, 0.29) is 12.0 Å². The number of nitrogen functional groups attached to an aromatic ring is 1. The van der Waals surface area contributed by atoms with Crippen LogP contribution in [-0.2, 0) is 12.6 Å². The van der Waals surface area contributed by atoms with Crippen molar-refractivity contribution in [2.45, 2.75) is 25.9 Å². The Labute approximate surface area is 192 Å². The van der Waals surface area contributed by atoms with Gasteiger partial charge in [-0.05, 0) is 36.6 Å². The van der Waals surface area contributed by atoms with Crippen molar-refractivity contribution in [3.8, 4) is 0 Å². The number of allylic oxidation sites excluding steroid dienone is 1. The van der Waals surface area contributed by atoms with Crippen LogP contribution in [-0.4, -0.2) is 6.54 Å². The van der Waals surface area contributed by atoms with Gasteiger partial charge in [0.15, 0.2) is 0 Å². The molecule has 0 radical (unpaired) electrons. The minimum atomic E-state index is -4.42. The third kappa shape index (κ3) is 6.19. The van der Waals surface area contributed by atoms with Gasteiger partial charge in [0.1, 0.15) is 0 Å². The average molecular weight is 452 g/mol. The van der Waals surface area contributed by atoms with Crippen LogP contribution in [0, 0.1) is 0 Å². The van der Waals surface area contributed by atoms with E-state index in [1.165, 1.54) is 12.1 Å². The van der Waals surface area contributed by atoms with Gasteiger partial charge in [-0.25, -0.2) is 0 Å². The summed E-state index contributed by atoms with van der Waals surface area (Å²) in [6.07, 6.45) is -1.64. The highest BCUT2D eigenvalue weighted by Crippen LogP contribution is 2.33. The first-order valence-corrected chi connectivity index (χ1v) is 10.8. The van der Waals surface area contributed by atoms with Crippen LogP contribution in [0.25, 0.3) is 11.4 Å². The zero-order valence-corrected chi connectivity index (χ0v) is 18.5. The predicted molar refractivity (Wildman–Crippen MR) is 131 cm³/mol. The summed E-state index contributed by atoms with van der Waals surface area (Å²) in [5.41, 5.74) is 9.98. The fourth-order valence-corrected chi connectivity index (χ4v) is 3.55. The van der Waals surface area contributed by atoms with Crippen LogP contribution in [0.2, 0.25) is 0 Å². The normalized spacial score (nSPS) is 11.8. The molecular formula is C27H28F3N3. The van der Waals surface area contributed by atoms with Crippen LogP contribution >= 0.6 is 0 Å². The van der Waals surface area contributed by atoms with Crippen LogP contribution in [0.5, 0.6) is 0 Å². The first kappa shape index (κ1) is 24.0. The van der Waals surface area contributed by atoms with Gasteiger partial charge in [-0.3, -0.25) is 0 Å². The summed E-state index contributed by atoms with van der Waals surface area (Å²) in [6, 6.07) is 20.6. The van der Waals surface area contributed by atoms with Crippen LogP contribution in [0.4, 0.5) is 24.5 Å². The molecule has 3 aromatic rings. The van der Waals surface area contributed by atoms with Gasteiger partial charge in [0.05, 0.1) is 5.56 Å². The highest BCUT2D eigenvalue weighted by Gasteiger charge is 2.32. The fourth-order valence-electron chi connectivity index (χ4n) is 3.55. The molecule has 4 N–H and O–H groups in total. The Morgan fingerprint density at radius 2 is 1.58 bits per heavy atom. The molecule has 0 aliphatic rings. The van der Waals surface area contributed by atoms with E-state index in [0.29, 0.717) is 22.6 Å². The molecule has 6 heteroatoms. The second-order valence-electron chi connectivity index (χ2n) is 7.64. The molecule has 0 saturated carbocycles. The van der Waals surface area contributed by atoms with E-state index in [0.717, 1.165) is 30.3 Å². The summed E-state index contributed by atoms with van der Waals surface area (Å²) in [5.74, 6) is 0. The molecule has 0 unspecified atom stereocenters. The minimum absolute atomic E-state index is 0.0787. The van der Waals surface area contributed by atoms with E-state index in [9.17, 15) is 13.2 Å². The van der Waals surface area contributed by atoms with Gasteiger partial charge < -0.3 is 16.4 Å². The van der Waals surface area contributed by atoms with Gasteiger partial charge in [-0.2, -0.15) is 13.2 Å². The van der Waals surface area contributed by atoms with Crippen molar-refractivity contribution in [2.75, 3.05) is 17.6 Å². The van der Waals surface area contributed by atoms with E-state index < -0.39 is 11.7 Å². The van der Waals surface area contributed by atoms with Crippen molar-refractivity contribution in [2.24, 2.45) is 0 Å². The smallest absolute Gasteiger partial charge is 0.398 e. The highest BCUT2D eigenvalue weighted by molar-refractivity contribution is 5.83. The Hall–Kier alpha value is -3.67. The highest BCUT2D eigenvalue weighted by atomic mass is 19.4. The zero-order valence-electron chi connectivity index (χ0n) is 18.5. The van der Waals surface area contributed by atoms with Gasteiger partial charge in [0.2, 0.25) is 0 Å². The number of alkyl halides is 3. The summed E-state index contributed by atoms with van der Waals surface area (Å²) in [5, 5.41) is 6.68. The molecule has 3 rings (SSSR count). The number of hydrogen-bond donors (Lipinski definition) is 3. The first-order chi connectivity index (χ1) is 15.8. The maximum Gasteiger partial charge on any atom is 0.416 e. The monoisotopic (exact) mass is 451 g/mol. The van der Waals surface area contributed by atoms with Gasteiger partial charge in [-0.1, -0.05) is 74.2 Å². The van der Waals surface area contributed by atoms with E-state index >= 15 is 0 Å². The Kier molecular flexibility index (Phi) is 7.83. The molecule has 33 heavy (non-hydrogen) atoms. The third-order valence-electron chi connectivity index (χ3n) is 5.20. The molecule has 0 fully saturated rings. The largest absolute Gasteiger partial charge is 0.416 e. The molecule has 0 heterocycles. The summed E-state index contributed by atoms with van der Waals surface area (Å²) in [4.78, 5) is 0. The quantitative estimate of drug-likeness (QED) is 0.309. The van der Waals surface area contributed by atoms with Crippen molar-refractivity contribution in [3.05, 3.63) is 108 Å². The van der Waals surface area contributed by atoms with Crippen molar-refractivity contribution < 1.29 is 13.2 Å². The summed E-state index contributed by atoms with van der Waals surface area (Å²) < 4.78 is 40.4. The van der Waals surface area contributed by atoms with Crippen LogP contribution in [0.15, 0.2) is 85.5 Å². The number of nitrogens with two attached hydrogens (primary N) is 1. The standard InChI is InChI=1S/C27H28F3N3/c1-3-18-32-25-15-9-6-11-21(25)19(2)33-26(22-12-5-8-14-24(22)31)17-16-20-10-4-7-13-23(20)27(28,29)30/h4-15,17,32-33H,2-3,16,18,31H2,1H3/b26-17+.